The van der Waals surface area contributed by atoms with Gasteiger partial charge in [0.25, 0.3) is 0 Å². The van der Waals surface area contributed by atoms with Crippen molar-refractivity contribution in [2.75, 3.05) is 0 Å². The average molecular weight is 511 g/mol. The van der Waals surface area contributed by atoms with Gasteiger partial charge >= 0.3 is 0 Å². The molecule has 0 aliphatic carbocycles. The van der Waals surface area contributed by atoms with E-state index in [4.69, 9.17) is 0 Å². The molecule has 2 heterocycles. The largest absolute Gasteiger partial charge is 0.133 e. The molecule has 0 aliphatic rings. The molecular weight excluding hydrogens is 489 g/mol. The number of hydrogen-bond donors (Lipinski definition) is 0. The third-order valence-electron chi connectivity index (χ3n) is 5.76. The molecule has 0 radical (unpaired) electrons. The Labute approximate surface area is 216 Å². The summed E-state index contributed by atoms with van der Waals surface area (Å²) in [5.74, 6) is 1.96. The van der Waals surface area contributed by atoms with Crippen molar-refractivity contribution in [3.05, 3.63) is 120 Å². The minimum absolute atomic E-state index is 0.978. The molecule has 0 fully saturated rings. The maximum absolute atomic E-state index is 2.28. The van der Waals surface area contributed by atoms with Crippen molar-refractivity contribution in [3.8, 4) is 9.75 Å². The van der Waals surface area contributed by atoms with Crippen LogP contribution in [0.25, 0.3) is 29.9 Å². The molecule has 34 heavy (non-hydrogen) atoms. The summed E-state index contributed by atoms with van der Waals surface area (Å²) < 4.78 is 2.73. The van der Waals surface area contributed by atoms with Crippen molar-refractivity contribution in [3.63, 3.8) is 0 Å². The highest BCUT2D eigenvalue weighted by Gasteiger charge is 2.21. The van der Waals surface area contributed by atoms with Crippen LogP contribution in [0.3, 0.4) is 0 Å². The van der Waals surface area contributed by atoms with Gasteiger partial charge in [0.15, 0.2) is 0 Å². The third-order valence-corrected chi connectivity index (χ3v) is 10.9. The minimum atomic E-state index is 0.978. The van der Waals surface area contributed by atoms with Crippen LogP contribution in [0, 0.1) is 0 Å². The van der Waals surface area contributed by atoms with Crippen molar-refractivity contribution in [1.82, 2.24) is 0 Å². The molecule has 0 amide bonds. The first kappa shape index (κ1) is 22.0. The molecule has 2 aromatic heterocycles. The quantitative estimate of drug-likeness (QED) is 0.196. The molecule has 0 nitrogen and oxygen atoms in total. The third kappa shape index (κ3) is 4.44. The lowest BCUT2D eigenvalue weighted by Crippen LogP contribution is -1.82. The van der Waals surface area contributed by atoms with Crippen LogP contribution in [0.4, 0.5) is 0 Å². The molecular formula is C30H22S4. The van der Waals surface area contributed by atoms with Gasteiger partial charge in [-0.15, -0.1) is 46.2 Å². The van der Waals surface area contributed by atoms with Crippen LogP contribution in [0.2, 0.25) is 0 Å². The number of benzene rings is 4. The molecule has 0 N–H and O–H groups in total. The standard InChI is InChI=1S/C30H22S4/c1-3-11-21(12-4-1)19-31-27-23-15-7-9-17-25(23)33-29(27)30-28(24-16-8-10-18-26(24)34-30)32-20-22-13-5-2-6-14-22/h1-18H,19-20H2. The fourth-order valence-corrected chi connectivity index (χ4v) is 9.43. The van der Waals surface area contributed by atoms with Crippen molar-refractivity contribution >= 4 is 66.4 Å². The Morgan fingerprint density at radius 1 is 0.441 bits per heavy atom. The summed E-state index contributed by atoms with van der Waals surface area (Å²) in [5.41, 5.74) is 2.73. The second-order valence-corrected chi connectivity index (χ2v) is 12.1. The summed E-state index contributed by atoms with van der Waals surface area (Å²) in [7, 11) is 0. The second kappa shape index (κ2) is 10.0. The minimum Gasteiger partial charge on any atom is -0.133 e. The lowest BCUT2D eigenvalue weighted by molar-refractivity contribution is 1.40. The van der Waals surface area contributed by atoms with E-state index in [0.717, 1.165) is 11.5 Å². The number of rotatable bonds is 7. The Morgan fingerprint density at radius 3 is 1.26 bits per heavy atom. The first-order valence-electron chi connectivity index (χ1n) is 11.2. The number of thiophene rings is 2. The van der Waals surface area contributed by atoms with E-state index < -0.39 is 0 Å². The highest BCUT2D eigenvalue weighted by Crippen LogP contribution is 2.52. The highest BCUT2D eigenvalue weighted by atomic mass is 32.2. The smallest absolute Gasteiger partial charge is 0.0603 e. The zero-order valence-electron chi connectivity index (χ0n) is 18.4. The monoisotopic (exact) mass is 510 g/mol. The van der Waals surface area contributed by atoms with Crippen LogP contribution in [0.1, 0.15) is 11.1 Å². The normalized spacial score (nSPS) is 11.4. The van der Waals surface area contributed by atoms with Gasteiger partial charge in [-0.05, 0) is 23.3 Å². The van der Waals surface area contributed by atoms with Gasteiger partial charge in [-0.1, -0.05) is 97.1 Å². The van der Waals surface area contributed by atoms with Crippen molar-refractivity contribution in [2.24, 2.45) is 0 Å². The lowest BCUT2D eigenvalue weighted by atomic mass is 10.2. The molecule has 166 valence electrons. The Balaban J connectivity index is 1.46. The van der Waals surface area contributed by atoms with Crippen LogP contribution in [0.5, 0.6) is 0 Å². The molecule has 0 unspecified atom stereocenters. The maximum atomic E-state index is 2.28. The fourth-order valence-electron chi connectivity index (χ4n) is 4.09. The molecule has 0 bridgehead atoms. The van der Waals surface area contributed by atoms with Gasteiger partial charge in [0.2, 0.25) is 0 Å². The van der Waals surface area contributed by atoms with E-state index in [1.54, 1.807) is 0 Å². The molecule has 6 rings (SSSR count). The first-order valence-corrected chi connectivity index (χ1v) is 14.8. The topological polar surface area (TPSA) is 0 Å². The van der Waals surface area contributed by atoms with E-state index in [1.807, 2.05) is 46.2 Å². The molecule has 0 aliphatic heterocycles. The molecule has 4 heteroatoms. The van der Waals surface area contributed by atoms with Crippen molar-refractivity contribution in [1.29, 1.82) is 0 Å². The number of hydrogen-bond acceptors (Lipinski definition) is 4. The first-order chi connectivity index (χ1) is 16.9. The van der Waals surface area contributed by atoms with E-state index >= 15 is 0 Å². The Morgan fingerprint density at radius 2 is 0.824 bits per heavy atom. The fraction of sp³-hybridized carbons (Fsp3) is 0.0667. The summed E-state index contributed by atoms with van der Waals surface area (Å²) >= 11 is 7.82. The van der Waals surface area contributed by atoms with Crippen molar-refractivity contribution in [2.45, 2.75) is 21.3 Å². The van der Waals surface area contributed by atoms with E-state index in [-0.39, 0.29) is 0 Å². The lowest BCUT2D eigenvalue weighted by Gasteiger charge is -2.08. The van der Waals surface area contributed by atoms with Gasteiger partial charge in [0, 0.05) is 41.5 Å². The average Bonchev–Trinajstić information content (AvgIpc) is 3.45. The predicted octanol–water partition coefficient (Wildman–Crippen LogP) is 10.4. The highest BCUT2D eigenvalue weighted by molar-refractivity contribution is 7.99. The van der Waals surface area contributed by atoms with E-state index in [2.05, 4.69) is 109 Å². The van der Waals surface area contributed by atoms with Crippen LogP contribution in [0.15, 0.2) is 119 Å². The summed E-state index contributed by atoms with van der Waals surface area (Å²) in [4.78, 5) is 5.66. The second-order valence-electron chi connectivity index (χ2n) is 8.06. The summed E-state index contributed by atoms with van der Waals surface area (Å²) in [6, 6.07) is 39.4. The molecule has 0 saturated heterocycles. The van der Waals surface area contributed by atoms with Gasteiger partial charge < -0.3 is 0 Å². The molecule has 0 saturated carbocycles. The van der Waals surface area contributed by atoms with Crippen LogP contribution in [-0.4, -0.2) is 0 Å². The molecule has 0 spiro atoms. The van der Waals surface area contributed by atoms with E-state index in [9.17, 15) is 0 Å². The SMILES string of the molecule is c1ccc(CSc2c(-c3sc4ccccc4c3SCc3ccccc3)sc3ccccc23)cc1. The zero-order valence-corrected chi connectivity index (χ0v) is 21.7. The van der Waals surface area contributed by atoms with E-state index in [0.29, 0.717) is 0 Å². The van der Waals surface area contributed by atoms with Crippen LogP contribution in [-0.2, 0) is 11.5 Å². The van der Waals surface area contributed by atoms with Gasteiger partial charge in [0.05, 0.1) is 9.75 Å². The summed E-state index contributed by atoms with van der Waals surface area (Å²) in [6.45, 7) is 0. The Hall–Kier alpha value is -2.50. The van der Waals surface area contributed by atoms with Crippen LogP contribution >= 0.6 is 46.2 Å². The molecule has 0 atom stereocenters. The maximum Gasteiger partial charge on any atom is 0.0603 e. The van der Waals surface area contributed by atoms with E-state index in [1.165, 1.54) is 50.8 Å². The van der Waals surface area contributed by atoms with Crippen LogP contribution < -0.4 is 0 Å². The van der Waals surface area contributed by atoms with Crippen molar-refractivity contribution < 1.29 is 0 Å². The summed E-state index contributed by atoms with van der Waals surface area (Å²) in [5, 5.41) is 2.75. The van der Waals surface area contributed by atoms with Gasteiger partial charge in [-0.3, -0.25) is 0 Å². The van der Waals surface area contributed by atoms with Gasteiger partial charge in [-0.2, -0.15) is 0 Å². The summed E-state index contributed by atoms with van der Waals surface area (Å²) in [6.07, 6.45) is 0. The predicted molar refractivity (Wildman–Crippen MR) is 155 cm³/mol. The Kier molecular flexibility index (Phi) is 6.47. The number of fused-ring (bicyclic) bond motifs is 2. The number of thioether (sulfide) groups is 2. The van der Waals surface area contributed by atoms with Gasteiger partial charge in [0.1, 0.15) is 0 Å². The van der Waals surface area contributed by atoms with Gasteiger partial charge in [-0.25, -0.2) is 0 Å². The molecule has 6 aromatic rings. The Bertz CT molecular complexity index is 1430. The molecule has 4 aromatic carbocycles. The zero-order chi connectivity index (χ0) is 22.7.